The predicted octanol–water partition coefficient (Wildman–Crippen LogP) is 1.84. The third kappa shape index (κ3) is 2.99. The van der Waals surface area contributed by atoms with E-state index >= 15 is 0 Å². The highest BCUT2D eigenvalue weighted by Gasteiger charge is 2.01. The molecule has 2 aromatic rings. The molecule has 3 heteroatoms. The molecular weight excluding hydrogens is 224 g/mol. The van der Waals surface area contributed by atoms with Crippen LogP contribution in [0.2, 0.25) is 0 Å². The normalized spacial score (nSPS) is 9.89. The molecule has 1 heterocycles. The molecule has 18 heavy (non-hydrogen) atoms. The molecule has 92 valence electrons. The minimum absolute atomic E-state index is 0.105. The van der Waals surface area contributed by atoms with Gasteiger partial charge in [-0.2, -0.15) is 0 Å². The Bertz CT molecular complexity index is 575. The molecule has 0 fully saturated rings. The molecule has 0 saturated carbocycles. The Morgan fingerprint density at radius 3 is 3.06 bits per heavy atom. The summed E-state index contributed by atoms with van der Waals surface area (Å²) in [5.41, 5.74) is 2.12. The molecule has 0 unspecified atom stereocenters. The van der Waals surface area contributed by atoms with Crippen molar-refractivity contribution in [3.05, 3.63) is 53.6 Å². The molecule has 0 amide bonds. The SMILES string of the molecule is CCc1nccn1Cc1cccc(C#CCO)c1. The van der Waals surface area contributed by atoms with Gasteiger partial charge in [0.05, 0.1) is 0 Å². The van der Waals surface area contributed by atoms with Gasteiger partial charge in [0, 0.05) is 30.9 Å². The van der Waals surface area contributed by atoms with E-state index in [9.17, 15) is 0 Å². The second-order valence-electron chi connectivity index (χ2n) is 3.99. The van der Waals surface area contributed by atoms with Crippen LogP contribution in [-0.2, 0) is 13.0 Å². The summed E-state index contributed by atoms with van der Waals surface area (Å²) in [5.74, 6) is 6.66. The van der Waals surface area contributed by atoms with Crippen LogP contribution in [0.3, 0.4) is 0 Å². The lowest BCUT2D eigenvalue weighted by atomic mass is 10.1. The Hall–Kier alpha value is -2.05. The molecule has 1 aromatic carbocycles. The van der Waals surface area contributed by atoms with E-state index in [-0.39, 0.29) is 6.61 Å². The third-order valence-corrected chi connectivity index (χ3v) is 2.71. The van der Waals surface area contributed by atoms with E-state index in [0.717, 1.165) is 24.4 Å². The van der Waals surface area contributed by atoms with Gasteiger partial charge in [0.2, 0.25) is 0 Å². The summed E-state index contributed by atoms with van der Waals surface area (Å²) in [5, 5.41) is 8.69. The Morgan fingerprint density at radius 1 is 1.39 bits per heavy atom. The van der Waals surface area contributed by atoms with Crippen molar-refractivity contribution in [3.8, 4) is 11.8 Å². The molecule has 2 rings (SSSR count). The van der Waals surface area contributed by atoms with E-state index in [1.165, 1.54) is 5.56 Å². The second-order valence-corrected chi connectivity index (χ2v) is 3.99. The average molecular weight is 240 g/mol. The maximum Gasteiger partial charge on any atom is 0.108 e. The standard InChI is InChI=1S/C15H16N2O/c1-2-15-16-8-9-17(15)12-14-6-3-5-13(11-14)7-4-10-18/h3,5-6,8-9,11,18H,2,10,12H2,1H3. The lowest BCUT2D eigenvalue weighted by Crippen LogP contribution is -2.03. The summed E-state index contributed by atoms with van der Waals surface area (Å²) in [6, 6.07) is 8.05. The number of rotatable bonds is 3. The van der Waals surface area contributed by atoms with Gasteiger partial charge in [-0.25, -0.2) is 4.98 Å². The highest BCUT2D eigenvalue weighted by atomic mass is 16.2. The summed E-state index contributed by atoms with van der Waals surface area (Å²) >= 11 is 0. The fourth-order valence-electron chi connectivity index (χ4n) is 1.88. The topological polar surface area (TPSA) is 38.0 Å². The van der Waals surface area contributed by atoms with Crippen LogP contribution >= 0.6 is 0 Å². The van der Waals surface area contributed by atoms with Gasteiger partial charge in [0.15, 0.2) is 0 Å². The minimum Gasteiger partial charge on any atom is -0.384 e. The van der Waals surface area contributed by atoms with Gasteiger partial charge in [-0.1, -0.05) is 30.9 Å². The first-order valence-electron chi connectivity index (χ1n) is 6.02. The van der Waals surface area contributed by atoms with Gasteiger partial charge in [-0.3, -0.25) is 0 Å². The van der Waals surface area contributed by atoms with E-state index in [4.69, 9.17) is 5.11 Å². The van der Waals surface area contributed by atoms with Crippen LogP contribution in [0.1, 0.15) is 23.9 Å². The summed E-state index contributed by atoms with van der Waals surface area (Å²) in [7, 11) is 0. The highest BCUT2D eigenvalue weighted by Crippen LogP contribution is 2.08. The molecule has 3 nitrogen and oxygen atoms in total. The number of hydrogen-bond donors (Lipinski definition) is 1. The number of aliphatic hydroxyl groups excluding tert-OH is 1. The average Bonchev–Trinajstić information content (AvgIpc) is 2.84. The smallest absolute Gasteiger partial charge is 0.108 e. The molecule has 1 aromatic heterocycles. The Labute approximate surface area is 107 Å². The van der Waals surface area contributed by atoms with E-state index in [1.807, 2.05) is 30.6 Å². The van der Waals surface area contributed by atoms with E-state index in [2.05, 4.69) is 34.4 Å². The quantitative estimate of drug-likeness (QED) is 0.831. The monoisotopic (exact) mass is 240 g/mol. The number of nitrogens with zero attached hydrogens (tertiary/aromatic N) is 2. The fourth-order valence-corrected chi connectivity index (χ4v) is 1.88. The van der Waals surface area contributed by atoms with Crippen LogP contribution in [0.25, 0.3) is 0 Å². The molecule has 0 saturated heterocycles. The predicted molar refractivity (Wildman–Crippen MR) is 71.1 cm³/mol. The van der Waals surface area contributed by atoms with Crippen LogP contribution in [0.4, 0.5) is 0 Å². The van der Waals surface area contributed by atoms with Crippen molar-refractivity contribution in [2.45, 2.75) is 19.9 Å². The summed E-state index contributed by atoms with van der Waals surface area (Å²) in [4.78, 5) is 4.30. The Balaban J connectivity index is 2.19. The maximum atomic E-state index is 8.69. The van der Waals surface area contributed by atoms with Gasteiger partial charge in [-0.15, -0.1) is 0 Å². The van der Waals surface area contributed by atoms with Crippen molar-refractivity contribution >= 4 is 0 Å². The van der Waals surface area contributed by atoms with Crippen LogP contribution in [0.15, 0.2) is 36.7 Å². The molecule has 0 radical (unpaired) electrons. The molecule has 0 aliphatic rings. The van der Waals surface area contributed by atoms with Crippen molar-refractivity contribution in [1.29, 1.82) is 0 Å². The molecule has 0 bridgehead atoms. The van der Waals surface area contributed by atoms with Crippen molar-refractivity contribution in [1.82, 2.24) is 9.55 Å². The third-order valence-electron chi connectivity index (χ3n) is 2.71. The van der Waals surface area contributed by atoms with Crippen LogP contribution in [0, 0.1) is 11.8 Å². The first kappa shape index (κ1) is 12.4. The molecule has 0 spiro atoms. The maximum absolute atomic E-state index is 8.69. The lowest BCUT2D eigenvalue weighted by molar-refractivity contribution is 0.350. The largest absolute Gasteiger partial charge is 0.384 e. The molecule has 0 aliphatic heterocycles. The first-order valence-corrected chi connectivity index (χ1v) is 6.02. The molecular formula is C15H16N2O. The highest BCUT2D eigenvalue weighted by molar-refractivity contribution is 5.37. The van der Waals surface area contributed by atoms with Gasteiger partial charge < -0.3 is 9.67 Å². The number of aliphatic hydroxyl groups is 1. The van der Waals surface area contributed by atoms with Gasteiger partial charge >= 0.3 is 0 Å². The van der Waals surface area contributed by atoms with Crippen molar-refractivity contribution < 1.29 is 5.11 Å². The fraction of sp³-hybridized carbons (Fsp3) is 0.267. The van der Waals surface area contributed by atoms with Crippen molar-refractivity contribution in [2.75, 3.05) is 6.61 Å². The summed E-state index contributed by atoms with van der Waals surface area (Å²) in [6.07, 6.45) is 4.75. The number of imidazole rings is 1. The molecule has 0 atom stereocenters. The number of aromatic nitrogens is 2. The van der Waals surface area contributed by atoms with Gasteiger partial charge in [0.1, 0.15) is 12.4 Å². The van der Waals surface area contributed by atoms with Crippen molar-refractivity contribution in [3.63, 3.8) is 0 Å². The van der Waals surface area contributed by atoms with Crippen LogP contribution < -0.4 is 0 Å². The number of benzene rings is 1. The number of hydrogen-bond acceptors (Lipinski definition) is 2. The zero-order valence-corrected chi connectivity index (χ0v) is 10.4. The van der Waals surface area contributed by atoms with E-state index < -0.39 is 0 Å². The van der Waals surface area contributed by atoms with Crippen molar-refractivity contribution in [2.24, 2.45) is 0 Å². The first-order chi connectivity index (χ1) is 8.83. The lowest BCUT2D eigenvalue weighted by Gasteiger charge is -2.06. The van der Waals surface area contributed by atoms with E-state index in [1.54, 1.807) is 0 Å². The Morgan fingerprint density at radius 2 is 2.28 bits per heavy atom. The van der Waals surface area contributed by atoms with Crippen LogP contribution in [0.5, 0.6) is 0 Å². The van der Waals surface area contributed by atoms with Gasteiger partial charge in [-0.05, 0) is 17.7 Å². The molecule has 0 aliphatic carbocycles. The van der Waals surface area contributed by atoms with E-state index in [0.29, 0.717) is 0 Å². The minimum atomic E-state index is -0.105. The summed E-state index contributed by atoms with van der Waals surface area (Å²) < 4.78 is 2.14. The zero-order chi connectivity index (χ0) is 12.8. The zero-order valence-electron chi connectivity index (χ0n) is 10.4. The number of aryl methyl sites for hydroxylation is 1. The van der Waals surface area contributed by atoms with Gasteiger partial charge in [0.25, 0.3) is 0 Å². The second kappa shape index (κ2) is 6.04. The molecule has 1 N–H and O–H groups in total. The summed E-state index contributed by atoms with van der Waals surface area (Å²) in [6.45, 7) is 2.80. The van der Waals surface area contributed by atoms with Crippen LogP contribution in [-0.4, -0.2) is 21.3 Å². The Kier molecular flexibility index (Phi) is 4.16.